The average molecular weight is 487 g/mol. The van der Waals surface area contributed by atoms with Gasteiger partial charge in [0.25, 0.3) is 11.5 Å². The third-order valence-electron chi connectivity index (χ3n) is 6.59. The van der Waals surface area contributed by atoms with Gasteiger partial charge in [0, 0.05) is 51.4 Å². The summed E-state index contributed by atoms with van der Waals surface area (Å²) in [6, 6.07) is 4.73. The Labute approximate surface area is 200 Å². The van der Waals surface area contributed by atoms with Crippen molar-refractivity contribution in [3.8, 4) is 0 Å². The molecule has 1 saturated heterocycles. The normalized spacial score (nSPS) is 20.7. The SMILES string of the molecule is CNc1cc(Nc2cccn(C3CCN(CCF)CC3)c2=O)nc2c(C(=O)N[C@H]3C[C@H]3F)cnn12. The van der Waals surface area contributed by atoms with Crippen LogP contribution in [0.3, 0.4) is 0 Å². The summed E-state index contributed by atoms with van der Waals surface area (Å²) in [7, 11) is 1.71. The number of anilines is 3. The Bertz CT molecular complexity index is 1280. The first-order valence-corrected chi connectivity index (χ1v) is 11.8. The Kier molecular flexibility index (Phi) is 6.37. The average Bonchev–Trinajstić information content (AvgIpc) is 3.37. The van der Waals surface area contributed by atoms with Gasteiger partial charge in [-0.25, -0.2) is 13.8 Å². The number of hydrogen-bond acceptors (Lipinski definition) is 7. The fraction of sp³-hybridized carbons (Fsp3) is 0.478. The van der Waals surface area contributed by atoms with Crippen molar-refractivity contribution in [1.29, 1.82) is 0 Å². The predicted octanol–water partition coefficient (Wildman–Crippen LogP) is 2.12. The molecule has 2 aliphatic rings. The van der Waals surface area contributed by atoms with Crippen LogP contribution in [0.1, 0.15) is 35.7 Å². The van der Waals surface area contributed by atoms with Crippen LogP contribution >= 0.6 is 0 Å². The Morgan fingerprint density at radius 1 is 1.29 bits per heavy atom. The first-order valence-electron chi connectivity index (χ1n) is 11.8. The van der Waals surface area contributed by atoms with E-state index < -0.39 is 18.1 Å². The number of nitrogens with zero attached hydrogens (tertiary/aromatic N) is 5. The summed E-state index contributed by atoms with van der Waals surface area (Å²) in [5.41, 5.74) is 0.666. The number of alkyl halides is 2. The highest BCUT2D eigenvalue weighted by Crippen LogP contribution is 2.27. The molecule has 4 heterocycles. The third-order valence-corrected chi connectivity index (χ3v) is 6.59. The number of nitrogens with one attached hydrogen (secondary N) is 3. The van der Waals surface area contributed by atoms with E-state index >= 15 is 0 Å². The zero-order chi connectivity index (χ0) is 24.5. The minimum atomic E-state index is -1.02. The van der Waals surface area contributed by atoms with Crippen LogP contribution in [-0.2, 0) is 0 Å². The van der Waals surface area contributed by atoms with E-state index in [4.69, 9.17) is 0 Å². The lowest BCUT2D eigenvalue weighted by atomic mass is 10.0. The van der Waals surface area contributed by atoms with E-state index in [1.54, 1.807) is 36.0 Å². The molecule has 1 aliphatic heterocycles. The van der Waals surface area contributed by atoms with Crippen LogP contribution in [0.15, 0.2) is 35.4 Å². The van der Waals surface area contributed by atoms with E-state index in [0.717, 1.165) is 25.9 Å². The molecule has 12 heteroatoms. The lowest BCUT2D eigenvalue weighted by Crippen LogP contribution is -2.38. The third kappa shape index (κ3) is 4.70. The predicted molar refractivity (Wildman–Crippen MR) is 128 cm³/mol. The maximum absolute atomic E-state index is 13.3. The molecule has 3 aromatic rings. The molecule has 0 spiro atoms. The van der Waals surface area contributed by atoms with Crippen molar-refractivity contribution >= 4 is 28.9 Å². The molecule has 0 radical (unpaired) electrons. The Morgan fingerprint density at radius 3 is 2.74 bits per heavy atom. The molecule has 2 atom stereocenters. The Hall–Kier alpha value is -3.54. The van der Waals surface area contributed by atoms with Crippen molar-refractivity contribution in [2.24, 2.45) is 0 Å². The zero-order valence-corrected chi connectivity index (χ0v) is 19.4. The van der Waals surface area contributed by atoms with Gasteiger partial charge in [0.15, 0.2) is 5.65 Å². The molecule has 0 unspecified atom stereocenters. The van der Waals surface area contributed by atoms with Gasteiger partial charge in [0.1, 0.15) is 35.7 Å². The van der Waals surface area contributed by atoms with Gasteiger partial charge in [-0.05, 0) is 25.0 Å². The van der Waals surface area contributed by atoms with Crippen molar-refractivity contribution in [2.75, 3.05) is 44.0 Å². The van der Waals surface area contributed by atoms with Crippen molar-refractivity contribution < 1.29 is 13.6 Å². The lowest BCUT2D eigenvalue weighted by molar-refractivity contribution is 0.0949. The van der Waals surface area contributed by atoms with Gasteiger partial charge < -0.3 is 25.4 Å². The van der Waals surface area contributed by atoms with Crippen molar-refractivity contribution in [3.63, 3.8) is 0 Å². The van der Waals surface area contributed by atoms with E-state index in [2.05, 4.69) is 30.9 Å². The van der Waals surface area contributed by atoms with Crippen molar-refractivity contribution in [2.45, 2.75) is 37.5 Å². The number of piperidine rings is 1. The van der Waals surface area contributed by atoms with Crippen LogP contribution in [0.4, 0.5) is 26.1 Å². The van der Waals surface area contributed by atoms with Crippen LogP contribution in [-0.4, -0.2) is 75.5 Å². The molecular weight excluding hydrogens is 458 g/mol. The van der Waals surface area contributed by atoms with E-state index in [-0.39, 0.29) is 29.5 Å². The summed E-state index contributed by atoms with van der Waals surface area (Å²) in [5.74, 6) is 0.472. The maximum atomic E-state index is 13.3. The minimum Gasteiger partial charge on any atom is -0.373 e. The zero-order valence-electron chi connectivity index (χ0n) is 19.4. The quantitative estimate of drug-likeness (QED) is 0.448. The fourth-order valence-corrected chi connectivity index (χ4v) is 4.50. The van der Waals surface area contributed by atoms with Crippen molar-refractivity contribution in [3.05, 3.63) is 46.5 Å². The standard InChI is InChI=1S/C23H28F2N8O2/c1-26-20-12-19(30-21-15(13-27-33(20)21)22(34)29-18-11-16(18)25)28-17-3-2-7-32(23(17)35)14-4-8-31(9-5-14)10-6-24/h2-3,7,12-14,16,18,26H,4-6,8-11H2,1H3,(H,28,30)(H,29,34)/t16-,18+/m1/s1. The summed E-state index contributed by atoms with van der Waals surface area (Å²) in [6.07, 6.45) is 3.99. The number of rotatable bonds is 8. The Morgan fingerprint density at radius 2 is 2.06 bits per heavy atom. The number of carbonyl (C=O) groups excluding carboxylic acids is 1. The van der Waals surface area contributed by atoms with E-state index in [9.17, 15) is 18.4 Å². The second kappa shape index (κ2) is 9.61. The lowest BCUT2D eigenvalue weighted by Gasteiger charge is -2.32. The highest BCUT2D eigenvalue weighted by molar-refractivity contribution is 6.00. The van der Waals surface area contributed by atoms with Crippen LogP contribution < -0.4 is 21.5 Å². The summed E-state index contributed by atoms with van der Waals surface area (Å²) < 4.78 is 29.1. The van der Waals surface area contributed by atoms with E-state index in [0.29, 0.717) is 30.3 Å². The molecule has 186 valence electrons. The molecule has 1 aliphatic carbocycles. The molecule has 10 nitrogen and oxygen atoms in total. The van der Waals surface area contributed by atoms with Gasteiger partial charge in [0.05, 0.1) is 12.2 Å². The van der Waals surface area contributed by atoms with Crippen LogP contribution in [0.25, 0.3) is 5.65 Å². The molecular formula is C23H28F2N8O2. The number of carbonyl (C=O) groups is 1. The molecule has 3 N–H and O–H groups in total. The molecule has 35 heavy (non-hydrogen) atoms. The molecule has 1 amide bonds. The summed E-state index contributed by atoms with van der Waals surface area (Å²) >= 11 is 0. The van der Waals surface area contributed by atoms with E-state index in [1.807, 2.05) is 0 Å². The van der Waals surface area contributed by atoms with Gasteiger partial charge in [-0.1, -0.05) is 0 Å². The Balaban J connectivity index is 1.40. The van der Waals surface area contributed by atoms with Crippen molar-refractivity contribution in [1.82, 2.24) is 29.4 Å². The highest BCUT2D eigenvalue weighted by atomic mass is 19.1. The second-order valence-corrected chi connectivity index (χ2v) is 8.92. The molecule has 5 rings (SSSR count). The maximum Gasteiger partial charge on any atom is 0.274 e. The first kappa shape index (κ1) is 23.2. The summed E-state index contributed by atoms with van der Waals surface area (Å²) in [5, 5.41) is 13.0. The number of fused-ring (bicyclic) bond motifs is 1. The monoisotopic (exact) mass is 486 g/mol. The number of aromatic nitrogens is 4. The number of halogens is 2. The van der Waals surface area contributed by atoms with Gasteiger partial charge in [-0.15, -0.1) is 0 Å². The van der Waals surface area contributed by atoms with Gasteiger partial charge in [-0.3, -0.25) is 9.59 Å². The summed E-state index contributed by atoms with van der Waals surface area (Å²) in [4.78, 5) is 32.5. The molecule has 1 saturated carbocycles. The molecule has 0 bridgehead atoms. The largest absolute Gasteiger partial charge is 0.373 e. The number of pyridine rings is 1. The molecule has 0 aromatic carbocycles. The van der Waals surface area contributed by atoms with Gasteiger partial charge in [0.2, 0.25) is 0 Å². The fourth-order valence-electron chi connectivity index (χ4n) is 4.50. The number of amides is 1. The first-order chi connectivity index (χ1) is 17.0. The van der Waals surface area contributed by atoms with Crippen LogP contribution in [0, 0.1) is 0 Å². The number of likely N-dealkylation sites (tertiary alicyclic amines) is 1. The smallest absolute Gasteiger partial charge is 0.274 e. The minimum absolute atomic E-state index is 0.0373. The van der Waals surface area contributed by atoms with Gasteiger partial charge >= 0.3 is 0 Å². The topological polar surface area (TPSA) is 109 Å². The molecule has 2 fully saturated rings. The second-order valence-electron chi connectivity index (χ2n) is 8.92. The molecule has 3 aromatic heterocycles. The van der Waals surface area contributed by atoms with Crippen LogP contribution in [0.5, 0.6) is 0 Å². The van der Waals surface area contributed by atoms with Crippen LogP contribution in [0.2, 0.25) is 0 Å². The van der Waals surface area contributed by atoms with Gasteiger partial charge in [-0.2, -0.15) is 9.61 Å². The number of hydrogen-bond donors (Lipinski definition) is 3. The highest BCUT2D eigenvalue weighted by Gasteiger charge is 2.39. The van der Waals surface area contributed by atoms with E-state index in [1.165, 1.54) is 10.7 Å². The summed E-state index contributed by atoms with van der Waals surface area (Å²) in [6.45, 7) is 1.55.